The maximum absolute atomic E-state index is 12.9. The quantitative estimate of drug-likeness (QED) is 0.841. The van der Waals surface area contributed by atoms with Gasteiger partial charge in [0.25, 0.3) is 0 Å². The number of rotatable bonds is 2. The van der Waals surface area contributed by atoms with Crippen molar-refractivity contribution < 1.29 is 9.59 Å². The van der Waals surface area contributed by atoms with Gasteiger partial charge in [-0.1, -0.05) is 49.2 Å². The largest absolute Gasteiger partial charge is 0.342 e. The third-order valence-corrected chi connectivity index (χ3v) is 5.45. The summed E-state index contributed by atoms with van der Waals surface area (Å²) < 4.78 is 0. The molecule has 2 aromatic rings. The average molecular weight is 336 g/mol. The highest BCUT2D eigenvalue weighted by Gasteiger charge is 2.37. The summed E-state index contributed by atoms with van der Waals surface area (Å²) in [7, 11) is 0. The second kappa shape index (κ2) is 6.87. The van der Waals surface area contributed by atoms with Gasteiger partial charge in [0.05, 0.1) is 11.6 Å². The number of carbonyl (C=O) groups excluding carboxylic acids is 2. The molecule has 2 aliphatic rings. The molecule has 0 spiro atoms. The minimum atomic E-state index is -0.204. The maximum Gasteiger partial charge on any atom is 0.228 e. The van der Waals surface area contributed by atoms with Crippen LogP contribution in [0, 0.1) is 5.92 Å². The van der Waals surface area contributed by atoms with Crippen LogP contribution in [0.25, 0.3) is 10.8 Å². The van der Waals surface area contributed by atoms with Gasteiger partial charge in [-0.3, -0.25) is 9.59 Å². The third kappa shape index (κ3) is 3.13. The van der Waals surface area contributed by atoms with E-state index >= 15 is 0 Å². The molecule has 4 heteroatoms. The van der Waals surface area contributed by atoms with E-state index in [1.165, 1.54) is 12.8 Å². The summed E-state index contributed by atoms with van der Waals surface area (Å²) in [5.41, 5.74) is 0.925. The number of hydrogen-bond donors (Lipinski definition) is 0. The van der Waals surface area contributed by atoms with Crippen molar-refractivity contribution in [2.24, 2.45) is 5.92 Å². The zero-order valence-electron chi connectivity index (χ0n) is 14.5. The Morgan fingerprint density at radius 3 is 2.44 bits per heavy atom. The van der Waals surface area contributed by atoms with Crippen LogP contribution in [0.1, 0.15) is 32.1 Å². The molecule has 2 saturated heterocycles. The molecule has 1 atom stereocenters. The van der Waals surface area contributed by atoms with Gasteiger partial charge < -0.3 is 9.80 Å². The average Bonchev–Trinajstić information content (AvgIpc) is 2.85. The number of likely N-dealkylation sites (tertiary alicyclic amines) is 1. The molecule has 4 rings (SSSR count). The molecule has 0 radical (unpaired) electrons. The molecule has 25 heavy (non-hydrogen) atoms. The van der Waals surface area contributed by atoms with Gasteiger partial charge in [0, 0.05) is 31.4 Å². The van der Waals surface area contributed by atoms with E-state index in [2.05, 4.69) is 12.1 Å². The van der Waals surface area contributed by atoms with E-state index in [-0.39, 0.29) is 17.7 Å². The monoisotopic (exact) mass is 336 g/mol. The van der Waals surface area contributed by atoms with Gasteiger partial charge in [-0.2, -0.15) is 0 Å². The summed E-state index contributed by atoms with van der Waals surface area (Å²) in [6, 6.07) is 14.1. The Hall–Kier alpha value is -2.36. The number of anilines is 1. The first-order chi connectivity index (χ1) is 12.2. The van der Waals surface area contributed by atoms with Crippen LogP contribution in [0.4, 0.5) is 5.69 Å². The van der Waals surface area contributed by atoms with Crippen LogP contribution in [-0.4, -0.2) is 36.3 Å². The number of hydrogen-bond acceptors (Lipinski definition) is 2. The van der Waals surface area contributed by atoms with Crippen molar-refractivity contribution in [3.63, 3.8) is 0 Å². The van der Waals surface area contributed by atoms with Gasteiger partial charge in [0.15, 0.2) is 0 Å². The molecule has 0 aromatic heterocycles. The number of amides is 2. The highest BCUT2D eigenvalue weighted by molar-refractivity contribution is 6.06. The Balaban J connectivity index is 1.56. The fourth-order valence-electron chi connectivity index (χ4n) is 4.10. The topological polar surface area (TPSA) is 40.6 Å². The van der Waals surface area contributed by atoms with Crippen LogP contribution in [0.15, 0.2) is 42.5 Å². The number of carbonyl (C=O) groups is 2. The summed E-state index contributed by atoms with van der Waals surface area (Å²) in [5.74, 6) is 0.0204. The summed E-state index contributed by atoms with van der Waals surface area (Å²) in [6.45, 7) is 2.19. The predicted octanol–water partition coefficient (Wildman–Crippen LogP) is 3.60. The lowest BCUT2D eigenvalue weighted by atomic mass is 10.1. The smallest absolute Gasteiger partial charge is 0.228 e. The van der Waals surface area contributed by atoms with Crippen molar-refractivity contribution in [2.45, 2.75) is 32.1 Å². The summed E-state index contributed by atoms with van der Waals surface area (Å²) in [5, 5.41) is 2.19. The lowest BCUT2D eigenvalue weighted by Gasteiger charge is -2.24. The zero-order chi connectivity index (χ0) is 17.2. The lowest BCUT2D eigenvalue weighted by Crippen LogP contribution is -2.38. The van der Waals surface area contributed by atoms with Crippen LogP contribution in [0.3, 0.4) is 0 Å². The normalized spacial score (nSPS) is 21.6. The maximum atomic E-state index is 12.9. The van der Waals surface area contributed by atoms with Crippen molar-refractivity contribution in [2.75, 3.05) is 24.5 Å². The van der Waals surface area contributed by atoms with Crippen LogP contribution >= 0.6 is 0 Å². The number of fused-ring (bicyclic) bond motifs is 1. The molecule has 2 aromatic carbocycles. The molecule has 1 unspecified atom stereocenters. The Bertz CT molecular complexity index is 788. The second-order valence-electron chi connectivity index (χ2n) is 7.14. The lowest BCUT2D eigenvalue weighted by molar-refractivity contribution is -0.135. The van der Waals surface area contributed by atoms with Crippen LogP contribution in [-0.2, 0) is 9.59 Å². The molecule has 4 nitrogen and oxygen atoms in total. The Morgan fingerprint density at radius 2 is 1.64 bits per heavy atom. The van der Waals surface area contributed by atoms with Crippen molar-refractivity contribution in [1.82, 2.24) is 4.90 Å². The van der Waals surface area contributed by atoms with Gasteiger partial charge in [-0.25, -0.2) is 0 Å². The highest BCUT2D eigenvalue weighted by atomic mass is 16.2. The summed E-state index contributed by atoms with van der Waals surface area (Å²) >= 11 is 0. The Labute approximate surface area is 148 Å². The molecular formula is C21H24N2O2. The third-order valence-electron chi connectivity index (χ3n) is 5.45. The molecule has 2 heterocycles. The van der Waals surface area contributed by atoms with E-state index < -0.39 is 0 Å². The molecule has 2 amide bonds. The van der Waals surface area contributed by atoms with E-state index in [9.17, 15) is 9.59 Å². The van der Waals surface area contributed by atoms with Crippen LogP contribution < -0.4 is 4.90 Å². The highest BCUT2D eigenvalue weighted by Crippen LogP contribution is 2.32. The van der Waals surface area contributed by atoms with Crippen molar-refractivity contribution in [3.8, 4) is 0 Å². The SMILES string of the molecule is O=C(C1CC(=O)N(c2cccc3ccccc23)C1)N1CCCCCC1. The Kier molecular flexibility index (Phi) is 4.43. The molecule has 0 bridgehead atoms. The van der Waals surface area contributed by atoms with Gasteiger partial charge in [-0.05, 0) is 24.3 Å². The fraction of sp³-hybridized carbons (Fsp3) is 0.429. The second-order valence-corrected chi connectivity index (χ2v) is 7.14. The molecule has 2 aliphatic heterocycles. The first-order valence-electron chi connectivity index (χ1n) is 9.31. The first kappa shape index (κ1) is 16.1. The standard InChI is InChI=1S/C21H24N2O2/c24-20-14-17(21(25)22-12-5-1-2-6-13-22)15-23(20)19-11-7-9-16-8-3-4-10-18(16)19/h3-4,7-11,17H,1-2,5-6,12-15H2. The number of nitrogens with zero attached hydrogens (tertiary/aromatic N) is 2. The van der Waals surface area contributed by atoms with E-state index in [1.807, 2.05) is 40.1 Å². The predicted molar refractivity (Wildman–Crippen MR) is 99.5 cm³/mol. The van der Waals surface area contributed by atoms with Crippen LogP contribution in [0.5, 0.6) is 0 Å². The summed E-state index contributed by atoms with van der Waals surface area (Å²) in [6.07, 6.45) is 4.91. The molecule has 130 valence electrons. The molecule has 2 fully saturated rings. The molecule has 0 saturated carbocycles. The van der Waals surface area contributed by atoms with Crippen molar-refractivity contribution in [1.29, 1.82) is 0 Å². The first-order valence-corrected chi connectivity index (χ1v) is 9.31. The summed E-state index contributed by atoms with van der Waals surface area (Å²) in [4.78, 5) is 29.3. The van der Waals surface area contributed by atoms with E-state index in [4.69, 9.17) is 0 Å². The minimum Gasteiger partial charge on any atom is -0.342 e. The van der Waals surface area contributed by atoms with Crippen molar-refractivity contribution in [3.05, 3.63) is 42.5 Å². The fourth-order valence-corrected chi connectivity index (χ4v) is 4.10. The van der Waals surface area contributed by atoms with Gasteiger partial charge in [0.1, 0.15) is 0 Å². The van der Waals surface area contributed by atoms with Gasteiger partial charge in [-0.15, -0.1) is 0 Å². The van der Waals surface area contributed by atoms with E-state index in [0.29, 0.717) is 13.0 Å². The van der Waals surface area contributed by atoms with E-state index in [0.717, 1.165) is 42.4 Å². The molecular weight excluding hydrogens is 312 g/mol. The minimum absolute atomic E-state index is 0.0597. The van der Waals surface area contributed by atoms with E-state index in [1.54, 1.807) is 0 Å². The molecule has 0 aliphatic carbocycles. The Morgan fingerprint density at radius 1 is 0.920 bits per heavy atom. The van der Waals surface area contributed by atoms with Crippen molar-refractivity contribution >= 4 is 28.3 Å². The van der Waals surface area contributed by atoms with Gasteiger partial charge in [0.2, 0.25) is 11.8 Å². The zero-order valence-corrected chi connectivity index (χ0v) is 14.5. The molecule has 0 N–H and O–H groups in total. The van der Waals surface area contributed by atoms with Gasteiger partial charge >= 0.3 is 0 Å². The number of benzene rings is 2. The van der Waals surface area contributed by atoms with Crippen LogP contribution in [0.2, 0.25) is 0 Å².